The van der Waals surface area contributed by atoms with E-state index < -0.39 is 5.41 Å². The van der Waals surface area contributed by atoms with E-state index in [9.17, 15) is 4.79 Å². The summed E-state index contributed by atoms with van der Waals surface area (Å²) in [7, 11) is 0. The largest absolute Gasteiger partial charge is 0.466 e. The van der Waals surface area contributed by atoms with E-state index in [2.05, 4.69) is 11.7 Å². The van der Waals surface area contributed by atoms with Gasteiger partial charge in [-0.15, -0.1) is 0 Å². The van der Waals surface area contributed by atoms with Crippen LogP contribution in [-0.4, -0.2) is 22.4 Å². The molecule has 0 aliphatic rings. The van der Waals surface area contributed by atoms with Gasteiger partial charge >= 0.3 is 5.97 Å². The van der Waals surface area contributed by atoms with Gasteiger partial charge in [-0.3, -0.25) is 9.48 Å². The van der Waals surface area contributed by atoms with Crippen LogP contribution in [0.15, 0.2) is 31.0 Å². The monoisotopic (exact) mass is 287 g/mol. The van der Waals surface area contributed by atoms with E-state index in [1.807, 2.05) is 32.0 Å². The van der Waals surface area contributed by atoms with Crippen LogP contribution >= 0.6 is 0 Å². The summed E-state index contributed by atoms with van der Waals surface area (Å²) in [6.45, 7) is 10.1. The first-order valence-electron chi connectivity index (χ1n) is 6.93. The van der Waals surface area contributed by atoms with Crippen LogP contribution in [0.5, 0.6) is 0 Å². The summed E-state index contributed by atoms with van der Waals surface area (Å²) in [6, 6.07) is 5.77. The van der Waals surface area contributed by atoms with E-state index >= 15 is 0 Å². The molecule has 21 heavy (non-hydrogen) atoms. The summed E-state index contributed by atoms with van der Waals surface area (Å²) in [6.07, 6.45) is 1.75. The number of fused-ring (bicyclic) bond motifs is 1. The SMILES string of the molecule is C=C(N)c1cccc2c1cnn2CC(C)(C)C(=O)OCC. The standard InChI is InChI=1S/C16H21N3O2/c1-5-21-15(20)16(3,4)10-19-14-8-6-7-12(11(2)17)13(14)9-18-19/h6-9H,2,5,10,17H2,1,3-4H3. The minimum atomic E-state index is -0.648. The van der Waals surface area contributed by atoms with Crippen molar-refractivity contribution < 1.29 is 9.53 Å². The van der Waals surface area contributed by atoms with E-state index in [0.717, 1.165) is 16.5 Å². The molecule has 0 saturated heterocycles. The quantitative estimate of drug-likeness (QED) is 0.858. The van der Waals surface area contributed by atoms with Crippen molar-refractivity contribution in [2.75, 3.05) is 6.61 Å². The second-order valence-corrected chi connectivity index (χ2v) is 5.67. The fourth-order valence-corrected chi connectivity index (χ4v) is 2.27. The summed E-state index contributed by atoms with van der Waals surface area (Å²) in [5.74, 6) is -0.229. The molecule has 0 saturated carbocycles. The molecule has 0 unspecified atom stereocenters. The number of esters is 1. The number of nitrogens with two attached hydrogens (primary N) is 1. The van der Waals surface area contributed by atoms with Gasteiger partial charge in [0.05, 0.1) is 30.3 Å². The lowest BCUT2D eigenvalue weighted by molar-refractivity contribution is -0.154. The van der Waals surface area contributed by atoms with Crippen molar-refractivity contribution in [2.24, 2.45) is 11.1 Å². The number of carbonyl (C=O) groups is 1. The highest BCUT2D eigenvalue weighted by atomic mass is 16.5. The molecule has 0 bridgehead atoms. The van der Waals surface area contributed by atoms with E-state index in [-0.39, 0.29) is 5.97 Å². The molecule has 2 rings (SSSR count). The first-order chi connectivity index (χ1) is 9.86. The van der Waals surface area contributed by atoms with Gasteiger partial charge in [0.2, 0.25) is 0 Å². The van der Waals surface area contributed by atoms with Crippen molar-refractivity contribution in [3.05, 3.63) is 36.5 Å². The summed E-state index contributed by atoms with van der Waals surface area (Å²) in [4.78, 5) is 12.0. The van der Waals surface area contributed by atoms with E-state index in [1.165, 1.54) is 0 Å². The Morgan fingerprint density at radius 1 is 1.48 bits per heavy atom. The zero-order valence-corrected chi connectivity index (χ0v) is 12.7. The summed E-state index contributed by atoms with van der Waals surface area (Å²) in [5, 5.41) is 5.31. The van der Waals surface area contributed by atoms with Crippen LogP contribution < -0.4 is 5.73 Å². The maximum atomic E-state index is 12.0. The molecular weight excluding hydrogens is 266 g/mol. The van der Waals surface area contributed by atoms with Crippen LogP contribution in [0, 0.1) is 5.41 Å². The Kier molecular flexibility index (Phi) is 4.02. The predicted octanol–water partition coefficient (Wildman–Crippen LogP) is 2.56. The Bertz CT molecular complexity index is 686. The Hall–Kier alpha value is -2.30. The molecular formula is C16H21N3O2. The fraction of sp³-hybridized carbons (Fsp3) is 0.375. The molecule has 0 atom stereocenters. The smallest absolute Gasteiger partial charge is 0.313 e. The number of hydrogen-bond donors (Lipinski definition) is 1. The van der Waals surface area contributed by atoms with Gasteiger partial charge in [0.25, 0.3) is 0 Å². The lowest BCUT2D eigenvalue weighted by atomic mass is 9.93. The van der Waals surface area contributed by atoms with Crippen molar-refractivity contribution >= 4 is 22.6 Å². The van der Waals surface area contributed by atoms with Crippen LogP contribution in [0.3, 0.4) is 0 Å². The predicted molar refractivity (Wildman–Crippen MR) is 83.4 cm³/mol. The number of hydrogen-bond acceptors (Lipinski definition) is 4. The molecule has 1 aromatic carbocycles. The number of rotatable bonds is 5. The highest BCUT2D eigenvalue weighted by molar-refractivity contribution is 5.90. The zero-order chi connectivity index (χ0) is 15.6. The number of nitrogens with zero attached hydrogens (tertiary/aromatic N) is 2. The number of carbonyl (C=O) groups excluding carboxylic acids is 1. The molecule has 0 spiro atoms. The van der Waals surface area contributed by atoms with Crippen molar-refractivity contribution in [1.29, 1.82) is 0 Å². The van der Waals surface area contributed by atoms with Gasteiger partial charge in [-0.1, -0.05) is 18.7 Å². The first-order valence-corrected chi connectivity index (χ1v) is 6.93. The second kappa shape index (κ2) is 5.60. The van der Waals surface area contributed by atoms with Gasteiger partial charge in [-0.05, 0) is 26.8 Å². The third-order valence-electron chi connectivity index (χ3n) is 3.41. The molecule has 1 heterocycles. The summed E-state index contributed by atoms with van der Waals surface area (Å²) < 4.78 is 6.92. The third-order valence-corrected chi connectivity index (χ3v) is 3.41. The van der Waals surface area contributed by atoms with Gasteiger partial charge in [0.1, 0.15) is 0 Å². The summed E-state index contributed by atoms with van der Waals surface area (Å²) >= 11 is 0. The highest BCUT2D eigenvalue weighted by Crippen LogP contribution is 2.26. The Morgan fingerprint density at radius 2 is 2.19 bits per heavy atom. The van der Waals surface area contributed by atoms with Gasteiger partial charge in [-0.25, -0.2) is 0 Å². The molecule has 0 fully saturated rings. The summed E-state index contributed by atoms with van der Waals surface area (Å²) in [5.41, 5.74) is 7.45. The molecule has 5 heteroatoms. The number of aromatic nitrogens is 2. The minimum absolute atomic E-state index is 0.229. The zero-order valence-electron chi connectivity index (χ0n) is 12.7. The first kappa shape index (κ1) is 15.1. The average Bonchev–Trinajstić information content (AvgIpc) is 2.81. The van der Waals surface area contributed by atoms with Crippen LogP contribution in [0.2, 0.25) is 0 Å². The normalized spacial score (nSPS) is 11.6. The second-order valence-electron chi connectivity index (χ2n) is 5.67. The Morgan fingerprint density at radius 3 is 2.81 bits per heavy atom. The van der Waals surface area contributed by atoms with Crippen LogP contribution in [0.25, 0.3) is 16.6 Å². The Labute approximate surface area is 124 Å². The number of benzene rings is 1. The number of ether oxygens (including phenoxy) is 1. The van der Waals surface area contributed by atoms with E-state index in [0.29, 0.717) is 18.8 Å². The van der Waals surface area contributed by atoms with E-state index in [4.69, 9.17) is 10.5 Å². The Balaban J connectivity index is 2.38. The fourth-order valence-electron chi connectivity index (χ4n) is 2.27. The van der Waals surface area contributed by atoms with Crippen molar-refractivity contribution in [3.8, 4) is 0 Å². The molecule has 0 radical (unpaired) electrons. The molecule has 0 amide bonds. The molecule has 0 aliphatic carbocycles. The van der Waals surface area contributed by atoms with Gasteiger partial charge in [-0.2, -0.15) is 5.10 Å². The lowest BCUT2D eigenvalue weighted by Crippen LogP contribution is -2.31. The molecule has 0 aliphatic heterocycles. The molecule has 2 aromatic rings. The van der Waals surface area contributed by atoms with Gasteiger partial charge < -0.3 is 10.5 Å². The topological polar surface area (TPSA) is 70.1 Å². The molecule has 1 aromatic heterocycles. The maximum Gasteiger partial charge on any atom is 0.313 e. The highest BCUT2D eigenvalue weighted by Gasteiger charge is 2.30. The van der Waals surface area contributed by atoms with Crippen LogP contribution in [-0.2, 0) is 16.1 Å². The van der Waals surface area contributed by atoms with Gasteiger partial charge in [0, 0.05) is 16.6 Å². The van der Waals surface area contributed by atoms with Crippen molar-refractivity contribution in [2.45, 2.75) is 27.3 Å². The van der Waals surface area contributed by atoms with Gasteiger partial charge in [0.15, 0.2) is 0 Å². The van der Waals surface area contributed by atoms with Crippen molar-refractivity contribution in [3.63, 3.8) is 0 Å². The van der Waals surface area contributed by atoms with Crippen LogP contribution in [0.1, 0.15) is 26.3 Å². The average molecular weight is 287 g/mol. The minimum Gasteiger partial charge on any atom is -0.466 e. The lowest BCUT2D eigenvalue weighted by Gasteiger charge is -2.22. The van der Waals surface area contributed by atoms with Crippen LogP contribution in [0.4, 0.5) is 0 Å². The van der Waals surface area contributed by atoms with Crippen molar-refractivity contribution in [1.82, 2.24) is 9.78 Å². The molecule has 112 valence electrons. The van der Waals surface area contributed by atoms with E-state index in [1.54, 1.807) is 17.8 Å². The maximum absolute atomic E-state index is 12.0. The molecule has 5 nitrogen and oxygen atoms in total. The molecule has 2 N–H and O–H groups in total. The third kappa shape index (κ3) is 2.91.